The van der Waals surface area contributed by atoms with E-state index in [1.807, 2.05) is 50.1 Å². The lowest BCUT2D eigenvalue weighted by atomic mass is 10.1. The second kappa shape index (κ2) is 6.13. The number of aliphatic hydroxyl groups is 1. The van der Waals surface area contributed by atoms with Gasteiger partial charge >= 0.3 is 0 Å². The van der Waals surface area contributed by atoms with Crippen molar-refractivity contribution < 1.29 is 9.90 Å². The molecule has 5 nitrogen and oxygen atoms in total. The lowest BCUT2D eigenvalue weighted by Gasteiger charge is -2.22. The molecule has 0 saturated carbocycles. The summed E-state index contributed by atoms with van der Waals surface area (Å²) in [6, 6.07) is 7.64. The van der Waals surface area contributed by atoms with Gasteiger partial charge in [0.2, 0.25) is 12.6 Å². The molecular weight excluding hydrogens is 254 g/mol. The number of hydrogen-bond donors (Lipinski definition) is 2. The molecule has 0 bridgehead atoms. The fraction of sp³-hybridized carbons (Fsp3) is 0.467. The predicted octanol–water partition coefficient (Wildman–Crippen LogP) is 1.07. The largest absolute Gasteiger partial charge is 0.394 e. The first-order valence-electron chi connectivity index (χ1n) is 6.79. The smallest absolute Gasteiger partial charge is 0.239 e. The summed E-state index contributed by atoms with van der Waals surface area (Å²) in [7, 11) is 1.90. The van der Waals surface area contributed by atoms with Crippen LogP contribution >= 0.6 is 0 Å². The molecule has 0 aromatic heterocycles. The number of para-hydroxylation sites is 2. The molecule has 1 aromatic rings. The van der Waals surface area contributed by atoms with Crippen LogP contribution in [0.5, 0.6) is 0 Å². The van der Waals surface area contributed by atoms with Crippen molar-refractivity contribution in [3.05, 3.63) is 30.9 Å². The Morgan fingerprint density at radius 3 is 2.60 bits per heavy atom. The molecule has 2 N–H and O–H groups in total. The van der Waals surface area contributed by atoms with Crippen LogP contribution in [0.25, 0.3) is 0 Å². The number of rotatable bonds is 5. The number of benzene rings is 1. The van der Waals surface area contributed by atoms with Crippen molar-refractivity contribution >= 4 is 17.3 Å². The van der Waals surface area contributed by atoms with Crippen molar-refractivity contribution in [2.24, 2.45) is 5.92 Å². The number of nitrogens with one attached hydrogen (secondary N) is 1. The summed E-state index contributed by atoms with van der Waals surface area (Å²) in [6.45, 7) is 7.21. The highest BCUT2D eigenvalue weighted by Gasteiger charge is 2.27. The number of carbonyl (C=O) groups excluding carboxylic acids is 1. The van der Waals surface area contributed by atoms with Crippen molar-refractivity contribution in [2.45, 2.75) is 19.9 Å². The van der Waals surface area contributed by atoms with Gasteiger partial charge < -0.3 is 20.2 Å². The van der Waals surface area contributed by atoms with E-state index in [-0.39, 0.29) is 31.0 Å². The summed E-state index contributed by atoms with van der Waals surface area (Å²) in [5, 5.41) is 12.1. The third-order valence-corrected chi connectivity index (χ3v) is 3.45. The highest BCUT2D eigenvalue weighted by Crippen LogP contribution is 2.36. The fourth-order valence-corrected chi connectivity index (χ4v) is 2.20. The van der Waals surface area contributed by atoms with Crippen molar-refractivity contribution in [3.63, 3.8) is 0 Å². The van der Waals surface area contributed by atoms with Gasteiger partial charge in [0.25, 0.3) is 0 Å². The van der Waals surface area contributed by atoms with Gasteiger partial charge in [-0.15, -0.1) is 0 Å². The second-order valence-electron chi connectivity index (χ2n) is 5.33. The summed E-state index contributed by atoms with van der Waals surface area (Å²) in [4.78, 5) is 15.7. The highest BCUT2D eigenvalue weighted by molar-refractivity contribution is 5.87. The van der Waals surface area contributed by atoms with E-state index < -0.39 is 0 Å². The predicted molar refractivity (Wildman–Crippen MR) is 79.3 cm³/mol. The van der Waals surface area contributed by atoms with Gasteiger partial charge in [-0.2, -0.15) is 0 Å². The highest BCUT2D eigenvalue weighted by atomic mass is 16.3. The number of anilines is 2. The topological polar surface area (TPSA) is 55.8 Å². The third-order valence-electron chi connectivity index (χ3n) is 3.45. The molecule has 5 heteroatoms. The van der Waals surface area contributed by atoms with E-state index in [9.17, 15) is 9.90 Å². The molecule has 108 valence electrons. The Morgan fingerprint density at radius 2 is 2.00 bits per heavy atom. The summed E-state index contributed by atoms with van der Waals surface area (Å²) >= 11 is 0. The van der Waals surface area contributed by atoms with Crippen LogP contribution in [0.15, 0.2) is 24.3 Å². The van der Waals surface area contributed by atoms with Crippen LogP contribution in [-0.2, 0) is 4.79 Å². The van der Waals surface area contributed by atoms with Gasteiger partial charge in [-0.05, 0) is 18.1 Å². The third kappa shape index (κ3) is 3.04. The molecule has 20 heavy (non-hydrogen) atoms. The molecule has 1 aliphatic rings. The van der Waals surface area contributed by atoms with Crippen molar-refractivity contribution in [1.29, 1.82) is 0 Å². The van der Waals surface area contributed by atoms with Crippen LogP contribution in [0.2, 0.25) is 0 Å². The zero-order valence-electron chi connectivity index (χ0n) is 12.1. The average Bonchev–Trinajstić information content (AvgIpc) is 2.73. The quantitative estimate of drug-likeness (QED) is 0.844. The molecule has 0 aliphatic carbocycles. The van der Waals surface area contributed by atoms with Gasteiger partial charge in [0, 0.05) is 7.05 Å². The average molecular weight is 275 g/mol. The van der Waals surface area contributed by atoms with E-state index in [1.165, 1.54) is 0 Å². The van der Waals surface area contributed by atoms with E-state index in [4.69, 9.17) is 0 Å². The molecule has 1 heterocycles. The van der Waals surface area contributed by atoms with Crippen molar-refractivity contribution in [3.8, 4) is 0 Å². The summed E-state index contributed by atoms with van der Waals surface area (Å²) < 4.78 is 0. The van der Waals surface area contributed by atoms with Gasteiger partial charge in [0.05, 0.1) is 30.6 Å². The van der Waals surface area contributed by atoms with Gasteiger partial charge in [0.1, 0.15) is 0 Å². The molecule has 1 atom stereocenters. The van der Waals surface area contributed by atoms with Gasteiger partial charge in [-0.1, -0.05) is 26.0 Å². The molecule has 2 radical (unpaired) electrons. The maximum absolute atomic E-state index is 12.1. The summed E-state index contributed by atoms with van der Waals surface area (Å²) in [5.74, 6) is 0.0841. The van der Waals surface area contributed by atoms with Crippen LogP contribution in [-0.4, -0.2) is 37.3 Å². The molecule has 1 amide bonds. The Morgan fingerprint density at radius 1 is 1.35 bits per heavy atom. The lowest BCUT2D eigenvalue weighted by Crippen LogP contribution is -2.45. The first-order valence-corrected chi connectivity index (χ1v) is 6.79. The number of hydrogen-bond acceptors (Lipinski definition) is 4. The maximum atomic E-state index is 12.1. The standard InChI is InChI=1S/C15H21N3O2/c1-11(2)12(9-19)16-15(20)8-18-10-17(3)13-6-4-5-7-14(13)18/h4-7,11-12,19H,8-9H2,1-3H3,(H,16,20)/t12-/m1/s1. The number of aliphatic hydroxyl groups excluding tert-OH is 1. The molecular formula is C15H21N3O2. The normalized spacial score (nSPS) is 15.4. The van der Waals surface area contributed by atoms with Gasteiger partial charge in [0.15, 0.2) is 0 Å². The lowest BCUT2D eigenvalue weighted by molar-refractivity contribution is -0.121. The van der Waals surface area contributed by atoms with Crippen LogP contribution in [0.1, 0.15) is 13.8 Å². The van der Waals surface area contributed by atoms with E-state index in [2.05, 4.69) is 12.0 Å². The van der Waals surface area contributed by atoms with Crippen LogP contribution in [0.4, 0.5) is 11.4 Å². The van der Waals surface area contributed by atoms with Crippen LogP contribution in [0.3, 0.4) is 0 Å². The number of nitrogens with zero attached hydrogens (tertiary/aromatic N) is 2. The van der Waals surface area contributed by atoms with Crippen molar-refractivity contribution in [2.75, 3.05) is 30.0 Å². The molecule has 2 rings (SSSR count). The Bertz CT molecular complexity index is 476. The van der Waals surface area contributed by atoms with E-state index in [0.717, 1.165) is 11.4 Å². The molecule has 0 spiro atoms. The molecule has 1 aromatic carbocycles. The Hall–Kier alpha value is -1.75. The molecule has 0 unspecified atom stereocenters. The first kappa shape index (κ1) is 14.7. The first-order chi connectivity index (χ1) is 9.52. The van der Waals surface area contributed by atoms with Crippen molar-refractivity contribution in [1.82, 2.24) is 5.32 Å². The maximum Gasteiger partial charge on any atom is 0.239 e. The minimum absolute atomic E-state index is 0.0483. The van der Waals surface area contributed by atoms with E-state index >= 15 is 0 Å². The van der Waals surface area contributed by atoms with E-state index in [1.54, 1.807) is 4.90 Å². The SMILES string of the molecule is CC(C)[C@@H](CO)NC(=O)CN1[C]N(C)c2ccccc21. The van der Waals surface area contributed by atoms with Crippen LogP contribution < -0.4 is 15.1 Å². The molecule has 0 saturated heterocycles. The minimum Gasteiger partial charge on any atom is -0.394 e. The van der Waals surface area contributed by atoms with Crippen LogP contribution in [0, 0.1) is 12.6 Å². The monoisotopic (exact) mass is 275 g/mol. The summed E-state index contributed by atoms with van der Waals surface area (Å²) in [5.41, 5.74) is 2.00. The Labute approximate surface area is 120 Å². The number of amides is 1. The van der Waals surface area contributed by atoms with E-state index in [0.29, 0.717) is 0 Å². The molecule has 1 aliphatic heterocycles. The number of fused-ring (bicyclic) bond motifs is 1. The number of carbonyl (C=O) groups is 1. The fourth-order valence-electron chi connectivity index (χ4n) is 2.20. The zero-order chi connectivity index (χ0) is 14.7. The van der Waals surface area contributed by atoms with Gasteiger partial charge in [-0.3, -0.25) is 4.79 Å². The minimum atomic E-state index is -0.210. The molecule has 0 fully saturated rings. The summed E-state index contributed by atoms with van der Waals surface area (Å²) in [6.07, 6.45) is 0. The Kier molecular flexibility index (Phi) is 4.49. The second-order valence-corrected chi connectivity index (χ2v) is 5.33. The Balaban J connectivity index is 2.00. The zero-order valence-corrected chi connectivity index (χ0v) is 12.1. The van der Waals surface area contributed by atoms with Gasteiger partial charge in [-0.25, -0.2) is 0 Å².